The molecule has 3 aromatic rings. The van der Waals surface area contributed by atoms with E-state index in [9.17, 15) is 19.4 Å². The van der Waals surface area contributed by atoms with Crippen molar-refractivity contribution in [1.29, 1.82) is 0 Å². The van der Waals surface area contributed by atoms with Crippen LogP contribution in [-0.4, -0.2) is 75.3 Å². The maximum absolute atomic E-state index is 13.8. The van der Waals surface area contributed by atoms with E-state index in [1.165, 1.54) is 6.07 Å². The number of nitrogens with one attached hydrogen (secondary N) is 1. The Morgan fingerprint density at radius 2 is 1.82 bits per heavy atom. The lowest BCUT2D eigenvalue weighted by atomic mass is 9.84. The summed E-state index contributed by atoms with van der Waals surface area (Å²) in [6, 6.07) is 10.2. The third-order valence-corrected chi connectivity index (χ3v) is 9.09. The first-order valence-electron chi connectivity index (χ1n) is 13.3. The molecule has 1 unspecified atom stereocenters. The summed E-state index contributed by atoms with van der Waals surface area (Å²) in [6.07, 6.45) is 4.57. The zero-order valence-corrected chi connectivity index (χ0v) is 22.8. The van der Waals surface area contributed by atoms with Crippen molar-refractivity contribution in [3.8, 4) is 0 Å². The third-order valence-electron chi connectivity index (χ3n) is 8.35. The molecule has 2 aromatic carbocycles. The number of aromatic nitrogens is 1. The number of amides is 1. The molecule has 2 saturated heterocycles. The lowest BCUT2D eigenvalue weighted by molar-refractivity contribution is -0.144. The number of rotatable bonds is 7. The Bertz CT molecular complexity index is 1280. The summed E-state index contributed by atoms with van der Waals surface area (Å²) in [6.45, 7) is 2.86. The highest BCUT2D eigenvalue weighted by Gasteiger charge is 2.41. The predicted octanol–water partition coefficient (Wildman–Crippen LogP) is 5.14. The minimum absolute atomic E-state index is 0.0341. The summed E-state index contributed by atoms with van der Waals surface area (Å²) in [5.41, 5.74) is 1.85. The molecule has 0 radical (unpaired) electrons. The van der Waals surface area contributed by atoms with Crippen molar-refractivity contribution < 1.29 is 19.4 Å². The van der Waals surface area contributed by atoms with Gasteiger partial charge in [0.1, 0.15) is 5.82 Å². The summed E-state index contributed by atoms with van der Waals surface area (Å²) in [5, 5.41) is 24.1. The lowest BCUT2D eigenvalue weighted by Crippen LogP contribution is -2.56. The quantitative estimate of drug-likeness (QED) is 0.373. The fourth-order valence-electron chi connectivity index (χ4n) is 5.87. The van der Waals surface area contributed by atoms with Crippen LogP contribution in [0.2, 0.25) is 10.0 Å². The Morgan fingerprint density at radius 3 is 2.53 bits per heavy atom. The van der Waals surface area contributed by atoms with E-state index in [0.717, 1.165) is 48.0 Å². The number of nitrogens with zero attached hydrogens (tertiary/aromatic N) is 2. The van der Waals surface area contributed by atoms with Crippen LogP contribution >= 0.6 is 23.2 Å². The molecule has 0 aliphatic carbocycles. The molecule has 38 heavy (non-hydrogen) atoms. The molecule has 3 heterocycles. The van der Waals surface area contributed by atoms with E-state index in [-0.39, 0.29) is 11.7 Å². The van der Waals surface area contributed by atoms with Crippen LogP contribution in [0.5, 0.6) is 0 Å². The third kappa shape index (κ3) is 6.02. The van der Waals surface area contributed by atoms with E-state index in [4.69, 9.17) is 23.2 Å². The summed E-state index contributed by atoms with van der Waals surface area (Å²) in [7, 11) is 0. The highest BCUT2D eigenvalue weighted by molar-refractivity contribution is 6.42. The van der Waals surface area contributed by atoms with Crippen molar-refractivity contribution in [1.82, 2.24) is 14.8 Å². The van der Waals surface area contributed by atoms with Crippen LogP contribution in [0.1, 0.15) is 49.1 Å². The van der Waals surface area contributed by atoms with Gasteiger partial charge in [-0.15, -0.1) is 0 Å². The van der Waals surface area contributed by atoms with Crippen LogP contribution in [-0.2, 0) is 11.2 Å². The van der Waals surface area contributed by atoms with Crippen LogP contribution in [0.4, 0.5) is 4.39 Å². The normalized spacial score (nSPS) is 19.7. The minimum Gasteiger partial charge on any atom is -0.389 e. The molecule has 1 amide bonds. The van der Waals surface area contributed by atoms with Gasteiger partial charge in [0, 0.05) is 43.2 Å². The second-order valence-electron chi connectivity index (χ2n) is 10.8. The number of β-amino-alcohol motifs (C(OH)–C–C–N with tert-alkyl or cyclic N) is 1. The van der Waals surface area contributed by atoms with Crippen molar-refractivity contribution in [2.45, 2.75) is 56.1 Å². The van der Waals surface area contributed by atoms with Gasteiger partial charge < -0.3 is 25.0 Å². The highest BCUT2D eigenvalue weighted by Crippen LogP contribution is 2.34. The number of halogens is 3. The predicted molar refractivity (Wildman–Crippen MR) is 148 cm³/mol. The van der Waals surface area contributed by atoms with E-state index in [2.05, 4.69) is 9.88 Å². The number of hydrogen-bond acceptors (Lipinski definition) is 4. The Hall–Kier alpha value is -2.16. The van der Waals surface area contributed by atoms with Crippen LogP contribution in [0.15, 0.2) is 42.6 Å². The van der Waals surface area contributed by atoms with Gasteiger partial charge in [0.25, 0.3) is 0 Å². The Balaban J connectivity index is 1.08. The molecule has 9 heteroatoms. The highest BCUT2D eigenvalue weighted by atomic mass is 35.5. The molecule has 1 aromatic heterocycles. The molecule has 1 atom stereocenters. The summed E-state index contributed by atoms with van der Waals surface area (Å²) < 4.78 is 13.8. The standard InChI is InChI=1S/C29H34Cl2FN3O3/c30-24-4-1-19(15-25(24)31)2-6-28(37)35-13-9-29(38,10-14-35)27(36)18-34-11-7-20(8-12-34)23-17-33-26-5-3-21(32)16-22(23)26/h1,3-5,15-17,20,27,33,36,38H,2,6-14,18H2. The summed E-state index contributed by atoms with van der Waals surface area (Å²) >= 11 is 12.0. The number of carbonyl (C=O) groups is 1. The molecule has 0 bridgehead atoms. The Labute approximate surface area is 232 Å². The Morgan fingerprint density at radius 1 is 1.08 bits per heavy atom. The average Bonchev–Trinajstić information content (AvgIpc) is 3.33. The second-order valence-corrected chi connectivity index (χ2v) is 11.6. The molecule has 0 spiro atoms. The molecule has 6 nitrogen and oxygen atoms in total. The molecular weight excluding hydrogens is 528 g/mol. The van der Waals surface area contributed by atoms with Crippen molar-refractivity contribution in [2.75, 3.05) is 32.7 Å². The van der Waals surface area contributed by atoms with Gasteiger partial charge in [-0.2, -0.15) is 0 Å². The first kappa shape index (κ1) is 27.4. The molecule has 0 saturated carbocycles. The maximum Gasteiger partial charge on any atom is 0.222 e. The fourth-order valence-corrected chi connectivity index (χ4v) is 6.19. The summed E-state index contributed by atoms with van der Waals surface area (Å²) in [5.74, 6) is 0.137. The SMILES string of the molecule is O=C(CCc1ccc(Cl)c(Cl)c1)N1CCC(O)(C(O)CN2CCC(c3c[nH]c4ccc(F)cc34)CC2)CC1. The van der Waals surface area contributed by atoms with Crippen molar-refractivity contribution in [3.05, 3.63) is 69.6 Å². The smallest absolute Gasteiger partial charge is 0.222 e. The molecule has 5 rings (SSSR count). The molecule has 2 aliphatic rings. The van der Waals surface area contributed by atoms with E-state index < -0.39 is 11.7 Å². The first-order valence-corrected chi connectivity index (χ1v) is 14.1. The van der Waals surface area contributed by atoms with Gasteiger partial charge in [-0.3, -0.25) is 4.79 Å². The van der Waals surface area contributed by atoms with E-state index in [0.29, 0.717) is 61.3 Å². The fraction of sp³-hybridized carbons (Fsp3) is 0.483. The first-order chi connectivity index (χ1) is 18.2. The molecule has 2 aliphatic heterocycles. The molecule has 3 N–H and O–H groups in total. The number of H-pyrrole nitrogens is 1. The summed E-state index contributed by atoms with van der Waals surface area (Å²) in [4.78, 5) is 20.0. The van der Waals surface area contributed by atoms with Gasteiger partial charge in [-0.1, -0.05) is 29.3 Å². The van der Waals surface area contributed by atoms with Crippen LogP contribution in [0.25, 0.3) is 10.9 Å². The van der Waals surface area contributed by atoms with Crippen LogP contribution < -0.4 is 0 Å². The number of benzene rings is 2. The van der Waals surface area contributed by atoms with Gasteiger partial charge in [-0.25, -0.2) is 4.39 Å². The number of piperidine rings is 2. The van der Waals surface area contributed by atoms with Crippen LogP contribution in [0.3, 0.4) is 0 Å². The van der Waals surface area contributed by atoms with Crippen molar-refractivity contribution in [2.24, 2.45) is 0 Å². The van der Waals surface area contributed by atoms with E-state index >= 15 is 0 Å². The molecular formula is C29H34Cl2FN3O3. The average molecular weight is 563 g/mol. The number of aryl methyl sites for hydroxylation is 1. The minimum atomic E-state index is -1.20. The number of carbonyl (C=O) groups excluding carboxylic acids is 1. The van der Waals surface area contributed by atoms with E-state index in [1.54, 1.807) is 29.2 Å². The number of aliphatic hydroxyl groups is 2. The van der Waals surface area contributed by atoms with Gasteiger partial charge in [-0.05, 0) is 92.6 Å². The monoisotopic (exact) mass is 561 g/mol. The van der Waals surface area contributed by atoms with Crippen molar-refractivity contribution >= 4 is 40.0 Å². The maximum atomic E-state index is 13.8. The zero-order chi connectivity index (χ0) is 26.9. The zero-order valence-electron chi connectivity index (χ0n) is 21.3. The molecule has 2 fully saturated rings. The number of hydrogen-bond donors (Lipinski definition) is 3. The van der Waals surface area contributed by atoms with Crippen LogP contribution in [0, 0.1) is 5.82 Å². The largest absolute Gasteiger partial charge is 0.389 e. The number of aliphatic hydroxyl groups excluding tert-OH is 1. The lowest BCUT2D eigenvalue weighted by Gasteiger charge is -2.43. The number of fused-ring (bicyclic) bond motifs is 1. The second kappa shape index (κ2) is 11.5. The topological polar surface area (TPSA) is 79.8 Å². The van der Waals surface area contributed by atoms with Crippen molar-refractivity contribution in [3.63, 3.8) is 0 Å². The number of aromatic amines is 1. The van der Waals surface area contributed by atoms with Gasteiger partial charge in [0.2, 0.25) is 5.91 Å². The molecule has 204 valence electrons. The van der Waals surface area contributed by atoms with E-state index in [1.807, 2.05) is 12.3 Å². The van der Waals surface area contributed by atoms with Gasteiger partial charge in [0.05, 0.1) is 21.8 Å². The Kier molecular flexibility index (Phi) is 8.31. The van der Waals surface area contributed by atoms with Gasteiger partial charge in [0.15, 0.2) is 0 Å². The number of likely N-dealkylation sites (tertiary alicyclic amines) is 2. The van der Waals surface area contributed by atoms with Gasteiger partial charge >= 0.3 is 0 Å².